The third kappa shape index (κ3) is 4.03. The van der Waals surface area contributed by atoms with Crippen molar-refractivity contribution in [1.29, 1.82) is 0 Å². The summed E-state index contributed by atoms with van der Waals surface area (Å²) in [7, 11) is 1.97. The molecule has 1 aromatic carbocycles. The van der Waals surface area contributed by atoms with Crippen LogP contribution in [0.25, 0.3) is 0 Å². The Morgan fingerprint density at radius 3 is 2.63 bits per heavy atom. The Balaban J connectivity index is 1.93. The Kier molecular flexibility index (Phi) is 5.37. The van der Waals surface area contributed by atoms with Gasteiger partial charge in [0.2, 0.25) is 0 Å². The minimum absolute atomic E-state index is 0.172. The van der Waals surface area contributed by atoms with Crippen LogP contribution in [0.2, 0.25) is 0 Å². The van der Waals surface area contributed by atoms with Gasteiger partial charge in [0.1, 0.15) is 0 Å². The van der Waals surface area contributed by atoms with E-state index in [1.165, 1.54) is 30.4 Å². The lowest BCUT2D eigenvalue weighted by Gasteiger charge is -2.20. The Bertz CT molecular complexity index is 406. The first-order chi connectivity index (χ1) is 9.20. The summed E-state index contributed by atoms with van der Waals surface area (Å²) in [6.45, 7) is 1.64. The number of hydrogen-bond donors (Lipinski definition) is 2. The highest BCUT2D eigenvalue weighted by atomic mass is 16.3. The molecule has 1 unspecified atom stereocenters. The van der Waals surface area contributed by atoms with Crippen molar-refractivity contribution in [2.24, 2.45) is 0 Å². The van der Waals surface area contributed by atoms with Gasteiger partial charge in [-0.1, -0.05) is 18.2 Å². The largest absolute Gasteiger partial charge is 0.395 e. The molecule has 3 heteroatoms. The normalized spacial score (nSPS) is 16.4. The smallest absolute Gasteiger partial charge is 0.0802 e. The lowest BCUT2D eigenvalue weighted by atomic mass is 9.89. The number of fused-ring (bicyclic) bond motifs is 1. The van der Waals surface area contributed by atoms with Gasteiger partial charge < -0.3 is 15.1 Å². The van der Waals surface area contributed by atoms with Gasteiger partial charge in [-0.2, -0.15) is 0 Å². The van der Waals surface area contributed by atoms with Crippen LogP contribution in [0.3, 0.4) is 0 Å². The van der Waals surface area contributed by atoms with E-state index in [1.54, 1.807) is 0 Å². The molecule has 0 bridgehead atoms. The summed E-state index contributed by atoms with van der Waals surface area (Å²) in [5, 5.41) is 19.1. The summed E-state index contributed by atoms with van der Waals surface area (Å²) in [5.41, 5.74) is 3.92. The van der Waals surface area contributed by atoms with Crippen molar-refractivity contribution in [1.82, 2.24) is 4.90 Å². The minimum Gasteiger partial charge on any atom is -0.395 e. The molecule has 1 atom stereocenters. The standard InChI is InChI=1S/C16H25NO2/c1-17(10-11-18)9-8-16(19)15-7-6-13-4-2-3-5-14(13)12-15/h6-7,12,16,18-19H,2-5,8-11H2,1H3. The van der Waals surface area contributed by atoms with E-state index in [0.717, 1.165) is 24.9 Å². The van der Waals surface area contributed by atoms with E-state index in [0.29, 0.717) is 6.54 Å². The topological polar surface area (TPSA) is 43.7 Å². The average molecular weight is 263 g/mol. The van der Waals surface area contributed by atoms with Gasteiger partial charge in [0.25, 0.3) is 0 Å². The van der Waals surface area contributed by atoms with Gasteiger partial charge in [0, 0.05) is 13.1 Å². The number of rotatable bonds is 6. The molecule has 2 rings (SSSR count). The summed E-state index contributed by atoms with van der Waals surface area (Å²) < 4.78 is 0. The van der Waals surface area contributed by atoms with Crippen LogP contribution < -0.4 is 0 Å². The maximum Gasteiger partial charge on any atom is 0.0802 e. The van der Waals surface area contributed by atoms with Crippen LogP contribution in [-0.4, -0.2) is 41.9 Å². The van der Waals surface area contributed by atoms with Crippen molar-refractivity contribution in [2.75, 3.05) is 26.7 Å². The van der Waals surface area contributed by atoms with Crippen molar-refractivity contribution < 1.29 is 10.2 Å². The summed E-state index contributed by atoms with van der Waals surface area (Å²) >= 11 is 0. The Morgan fingerprint density at radius 1 is 1.16 bits per heavy atom. The van der Waals surface area contributed by atoms with Gasteiger partial charge in [-0.15, -0.1) is 0 Å². The first kappa shape index (κ1) is 14.5. The first-order valence-electron chi connectivity index (χ1n) is 7.30. The van der Waals surface area contributed by atoms with Crippen molar-refractivity contribution in [3.05, 3.63) is 34.9 Å². The molecule has 0 saturated heterocycles. The zero-order valence-electron chi connectivity index (χ0n) is 11.8. The molecule has 0 aromatic heterocycles. The van der Waals surface area contributed by atoms with E-state index in [4.69, 9.17) is 5.11 Å². The van der Waals surface area contributed by atoms with Crippen LogP contribution in [0.1, 0.15) is 42.1 Å². The van der Waals surface area contributed by atoms with Gasteiger partial charge in [0.05, 0.1) is 12.7 Å². The lowest BCUT2D eigenvalue weighted by molar-refractivity contribution is 0.141. The van der Waals surface area contributed by atoms with Crippen LogP contribution >= 0.6 is 0 Å². The second-order valence-electron chi connectivity index (χ2n) is 5.57. The van der Waals surface area contributed by atoms with Gasteiger partial charge in [-0.05, 0) is 55.8 Å². The second-order valence-corrected chi connectivity index (χ2v) is 5.57. The Morgan fingerprint density at radius 2 is 1.89 bits per heavy atom. The third-order valence-electron chi connectivity index (χ3n) is 4.02. The number of likely N-dealkylation sites (N-methyl/N-ethyl adjacent to an activating group) is 1. The monoisotopic (exact) mass is 263 g/mol. The SMILES string of the molecule is CN(CCO)CCC(O)c1ccc2c(c1)CCCC2. The predicted octanol–water partition coefficient (Wildman–Crippen LogP) is 1.91. The fraction of sp³-hybridized carbons (Fsp3) is 0.625. The van der Waals surface area contributed by atoms with Crippen LogP contribution in [0.15, 0.2) is 18.2 Å². The van der Waals surface area contributed by atoms with E-state index < -0.39 is 6.10 Å². The Hall–Kier alpha value is -0.900. The highest BCUT2D eigenvalue weighted by Gasteiger charge is 2.13. The molecule has 19 heavy (non-hydrogen) atoms. The van der Waals surface area contributed by atoms with Crippen molar-refractivity contribution in [3.8, 4) is 0 Å². The number of aryl methyl sites for hydroxylation is 2. The summed E-state index contributed by atoms with van der Waals surface area (Å²) in [6.07, 6.45) is 5.22. The number of benzene rings is 1. The van der Waals surface area contributed by atoms with Crippen LogP contribution in [0.5, 0.6) is 0 Å². The van der Waals surface area contributed by atoms with Gasteiger partial charge in [0.15, 0.2) is 0 Å². The molecule has 0 spiro atoms. The van der Waals surface area contributed by atoms with E-state index in [-0.39, 0.29) is 6.61 Å². The molecule has 0 heterocycles. The van der Waals surface area contributed by atoms with Crippen LogP contribution in [0, 0.1) is 0 Å². The van der Waals surface area contributed by atoms with Gasteiger partial charge in [-0.25, -0.2) is 0 Å². The second kappa shape index (κ2) is 7.04. The van der Waals surface area contributed by atoms with Crippen LogP contribution in [-0.2, 0) is 12.8 Å². The fourth-order valence-corrected chi connectivity index (χ4v) is 2.75. The molecule has 1 aliphatic rings. The minimum atomic E-state index is -0.395. The van der Waals surface area contributed by atoms with E-state index in [2.05, 4.69) is 18.2 Å². The molecule has 1 aliphatic carbocycles. The first-order valence-corrected chi connectivity index (χ1v) is 7.30. The molecular formula is C16H25NO2. The Labute approximate surface area is 115 Å². The molecular weight excluding hydrogens is 238 g/mol. The van der Waals surface area contributed by atoms with Crippen molar-refractivity contribution in [3.63, 3.8) is 0 Å². The third-order valence-corrected chi connectivity index (χ3v) is 4.02. The zero-order valence-corrected chi connectivity index (χ0v) is 11.8. The lowest BCUT2D eigenvalue weighted by Crippen LogP contribution is -2.24. The molecule has 0 fully saturated rings. The quantitative estimate of drug-likeness (QED) is 0.824. The van der Waals surface area contributed by atoms with Gasteiger partial charge >= 0.3 is 0 Å². The van der Waals surface area contributed by atoms with E-state index >= 15 is 0 Å². The maximum atomic E-state index is 10.3. The zero-order chi connectivity index (χ0) is 13.7. The van der Waals surface area contributed by atoms with Crippen molar-refractivity contribution >= 4 is 0 Å². The highest BCUT2D eigenvalue weighted by Crippen LogP contribution is 2.26. The highest BCUT2D eigenvalue weighted by molar-refractivity contribution is 5.34. The van der Waals surface area contributed by atoms with E-state index in [1.807, 2.05) is 11.9 Å². The maximum absolute atomic E-state index is 10.3. The molecule has 1 aromatic rings. The average Bonchev–Trinajstić information content (AvgIpc) is 2.44. The molecule has 0 amide bonds. The molecule has 0 radical (unpaired) electrons. The number of aliphatic hydroxyl groups is 2. The summed E-state index contributed by atoms with van der Waals surface area (Å²) in [4.78, 5) is 2.04. The molecule has 106 valence electrons. The summed E-state index contributed by atoms with van der Waals surface area (Å²) in [6, 6.07) is 6.44. The molecule has 3 nitrogen and oxygen atoms in total. The fourth-order valence-electron chi connectivity index (χ4n) is 2.75. The number of nitrogens with zero attached hydrogens (tertiary/aromatic N) is 1. The van der Waals surface area contributed by atoms with Crippen LogP contribution in [0.4, 0.5) is 0 Å². The number of aliphatic hydroxyl groups excluding tert-OH is 2. The summed E-state index contributed by atoms with van der Waals surface area (Å²) in [5.74, 6) is 0. The molecule has 2 N–H and O–H groups in total. The predicted molar refractivity (Wildman–Crippen MR) is 77.2 cm³/mol. The van der Waals surface area contributed by atoms with Crippen molar-refractivity contribution in [2.45, 2.75) is 38.2 Å². The molecule has 0 saturated carbocycles. The van der Waals surface area contributed by atoms with E-state index in [9.17, 15) is 5.11 Å². The van der Waals surface area contributed by atoms with Gasteiger partial charge in [-0.3, -0.25) is 0 Å². The number of hydrogen-bond acceptors (Lipinski definition) is 3. The molecule has 0 aliphatic heterocycles.